The smallest absolute Gasteiger partial charge is 0.250 e. The number of likely N-dealkylation sites (N-methyl/N-ethyl adjacent to an activating group) is 1. The Morgan fingerprint density at radius 2 is 2.00 bits per heavy atom. The van der Waals surface area contributed by atoms with Crippen molar-refractivity contribution in [3.63, 3.8) is 0 Å². The number of nitrogens with two attached hydrogens (primary N) is 1. The molecule has 4 heterocycles. The molecule has 8 heteroatoms. The van der Waals surface area contributed by atoms with E-state index < -0.39 is 5.91 Å². The highest BCUT2D eigenvalue weighted by Gasteiger charge is 2.27. The lowest BCUT2D eigenvalue weighted by Gasteiger charge is -2.31. The van der Waals surface area contributed by atoms with E-state index in [-0.39, 0.29) is 0 Å². The fourth-order valence-corrected chi connectivity index (χ4v) is 4.45. The molecule has 1 aliphatic rings. The summed E-state index contributed by atoms with van der Waals surface area (Å²) in [5, 5.41) is 3.53. The number of nitrogens with one attached hydrogen (secondary N) is 1. The minimum Gasteiger partial charge on any atom is -0.366 e. The van der Waals surface area contributed by atoms with E-state index in [0.29, 0.717) is 35.2 Å². The molecule has 3 aromatic heterocycles. The lowest BCUT2D eigenvalue weighted by molar-refractivity contribution is 0.100. The maximum Gasteiger partial charge on any atom is 0.250 e. The lowest BCUT2D eigenvalue weighted by atomic mass is 9.95. The first-order valence-electron chi connectivity index (χ1n) is 10.6. The van der Waals surface area contributed by atoms with Gasteiger partial charge < -0.3 is 11.1 Å². The highest BCUT2D eigenvalue weighted by Crippen LogP contribution is 2.33. The molecule has 3 N–H and O–H groups in total. The topological polar surface area (TPSA) is 101 Å². The molecule has 0 saturated carbocycles. The molecule has 1 aliphatic heterocycles. The Labute approximate surface area is 186 Å². The van der Waals surface area contributed by atoms with Gasteiger partial charge in [0.15, 0.2) is 11.6 Å². The van der Waals surface area contributed by atoms with Crippen molar-refractivity contribution in [3.05, 3.63) is 77.2 Å². The standard InChI is InChI=1S/C24H25N7O/c1-15-13-30(2)14-18-20(15)22(26-11-16-7-4-3-5-8-16)29-23(28-18)24-27-12-19-17(21(25)32)9-6-10-31(19)24/h3-10,12,15H,11,13-14H2,1-2H3,(H2,25,32)(H,26,28,29). The van der Waals surface area contributed by atoms with Gasteiger partial charge in [0.05, 0.1) is 23.0 Å². The lowest BCUT2D eigenvalue weighted by Crippen LogP contribution is -2.31. The van der Waals surface area contributed by atoms with Crippen molar-refractivity contribution >= 4 is 17.2 Å². The summed E-state index contributed by atoms with van der Waals surface area (Å²) in [6.07, 6.45) is 3.49. The van der Waals surface area contributed by atoms with E-state index >= 15 is 0 Å². The predicted molar refractivity (Wildman–Crippen MR) is 123 cm³/mol. The van der Waals surface area contributed by atoms with Crippen LogP contribution in [0.4, 0.5) is 5.82 Å². The molecule has 4 aromatic rings. The molecule has 0 saturated heterocycles. The number of carbonyl (C=O) groups is 1. The number of imidazole rings is 1. The minimum atomic E-state index is -0.492. The van der Waals surface area contributed by atoms with Crippen LogP contribution < -0.4 is 11.1 Å². The van der Waals surface area contributed by atoms with Crippen molar-refractivity contribution in [2.45, 2.75) is 25.9 Å². The van der Waals surface area contributed by atoms with E-state index in [0.717, 1.165) is 30.2 Å². The molecule has 1 amide bonds. The molecule has 8 nitrogen and oxygen atoms in total. The Balaban J connectivity index is 1.62. The van der Waals surface area contributed by atoms with Gasteiger partial charge >= 0.3 is 0 Å². The van der Waals surface area contributed by atoms with Crippen molar-refractivity contribution in [2.75, 3.05) is 18.9 Å². The van der Waals surface area contributed by atoms with Gasteiger partial charge in [-0.05, 0) is 30.7 Å². The summed E-state index contributed by atoms with van der Waals surface area (Å²) in [5.41, 5.74) is 9.93. The number of fused-ring (bicyclic) bond motifs is 2. The van der Waals surface area contributed by atoms with Gasteiger partial charge in [-0.1, -0.05) is 37.3 Å². The van der Waals surface area contributed by atoms with Crippen molar-refractivity contribution in [1.82, 2.24) is 24.3 Å². The third-order valence-corrected chi connectivity index (χ3v) is 5.86. The Morgan fingerprint density at radius 1 is 1.19 bits per heavy atom. The zero-order valence-electron chi connectivity index (χ0n) is 18.1. The summed E-state index contributed by atoms with van der Waals surface area (Å²) in [6, 6.07) is 13.7. The third-order valence-electron chi connectivity index (χ3n) is 5.86. The Kier molecular flexibility index (Phi) is 5.07. The average molecular weight is 428 g/mol. The van der Waals surface area contributed by atoms with E-state index in [1.54, 1.807) is 18.3 Å². The Hall–Kier alpha value is -3.78. The van der Waals surface area contributed by atoms with E-state index in [1.165, 1.54) is 5.56 Å². The molecule has 1 atom stereocenters. The van der Waals surface area contributed by atoms with Gasteiger partial charge in [-0.3, -0.25) is 14.1 Å². The summed E-state index contributed by atoms with van der Waals surface area (Å²) in [7, 11) is 2.10. The number of benzene rings is 1. The Morgan fingerprint density at radius 3 is 2.78 bits per heavy atom. The zero-order chi connectivity index (χ0) is 22.2. The molecule has 32 heavy (non-hydrogen) atoms. The van der Waals surface area contributed by atoms with E-state index in [9.17, 15) is 4.79 Å². The average Bonchev–Trinajstić information content (AvgIpc) is 3.21. The van der Waals surface area contributed by atoms with Gasteiger partial charge in [-0.15, -0.1) is 0 Å². The predicted octanol–water partition coefficient (Wildman–Crippen LogP) is 3.05. The molecule has 0 bridgehead atoms. The molecule has 0 spiro atoms. The highest BCUT2D eigenvalue weighted by molar-refractivity contribution is 5.99. The number of aromatic nitrogens is 4. The van der Waals surface area contributed by atoms with Crippen LogP contribution in [0.5, 0.6) is 0 Å². The molecule has 5 rings (SSSR count). The summed E-state index contributed by atoms with van der Waals surface area (Å²) in [5.74, 6) is 1.74. The number of pyridine rings is 1. The second-order valence-electron chi connectivity index (χ2n) is 8.32. The van der Waals surface area contributed by atoms with Crippen LogP contribution in [0.15, 0.2) is 54.9 Å². The Bertz CT molecular complexity index is 1300. The van der Waals surface area contributed by atoms with Gasteiger partial charge in [0.25, 0.3) is 5.91 Å². The molecule has 0 aliphatic carbocycles. The van der Waals surface area contributed by atoms with Crippen LogP contribution in [0.3, 0.4) is 0 Å². The second-order valence-corrected chi connectivity index (χ2v) is 8.32. The quantitative estimate of drug-likeness (QED) is 0.508. The van der Waals surface area contributed by atoms with Crippen molar-refractivity contribution in [1.29, 1.82) is 0 Å². The second kappa shape index (κ2) is 8.05. The largest absolute Gasteiger partial charge is 0.366 e. The molecule has 0 fully saturated rings. The number of primary amides is 1. The summed E-state index contributed by atoms with van der Waals surface area (Å²) >= 11 is 0. The van der Waals surface area contributed by atoms with E-state index in [2.05, 4.69) is 41.3 Å². The number of hydrogen-bond acceptors (Lipinski definition) is 6. The summed E-state index contributed by atoms with van der Waals surface area (Å²) in [6.45, 7) is 4.56. The minimum absolute atomic E-state index is 0.301. The van der Waals surface area contributed by atoms with Gasteiger partial charge in [0, 0.05) is 31.4 Å². The molecular formula is C24H25N7O. The van der Waals surface area contributed by atoms with Crippen LogP contribution in [-0.4, -0.2) is 43.8 Å². The molecule has 1 aromatic carbocycles. The van der Waals surface area contributed by atoms with Gasteiger partial charge in [0.2, 0.25) is 0 Å². The molecular weight excluding hydrogens is 402 g/mol. The first-order chi connectivity index (χ1) is 15.5. The van der Waals surface area contributed by atoms with Crippen LogP contribution in [0.1, 0.15) is 40.0 Å². The van der Waals surface area contributed by atoms with Crippen LogP contribution in [0.25, 0.3) is 17.2 Å². The number of nitrogens with zero attached hydrogens (tertiary/aromatic N) is 5. The molecule has 1 unspecified atom stereocenters. The van der Waals surface area contributed by atoms with Crippen LogP contribution in [0.2, 0.25) is 0 Å². The normalized spacial score (nSPS) is 16.1. The van der Waals surface area contributed by atoms with E-state index in [4.69, 9.17) is 15.7 Å². The fourth-order valence-electron chi connectivity index (χ4n) is 4.45. The number of hydrogen-bond donors (Lipinski definition) is 2. The van der Waals surface area contributed by atoms with Gasteiger partial charge in [-0.25, -0.2) is 15.0 Å². The highest BCUT2D eigenvalue weighted by atomic mass is 16.1. The third kappa shape index (κ3) is 3.58. The summed E-state index contributed by atoms with van der Waals surface area (Å²) < 4.78 is 1.82. The van der Waals surface area contributed by atoms with Crippen LogP contribution in [0, 0.1) is 0 Å². The number of rotatable bonds is 5. The maximum atomic E-state index is 11.8. The monoisotopic (exact) mass is 427 g/mol. The fraction of sp³-hybridized carbons (Fsp3) is 0.250. The number of amides is 1. The van der Waals surface area contributed by atoms with Crippen LogP contribution in [-0.2, 0) is 13.1 Å². The summed E-state index contributed by atoms with van der Waals surface area (Å²) in [4.78, 5) is 28.4. The van der Waals surface area contributed by atoms with Crippen LogP contribution >= 0.6 is 0 Å². The number of anilines is 1. The first-order valence-corrected chi connectivity index (χ1v) is 10.6. The van der Waals surface area contributed by atoms with Gasteiger partial charge in [0.1, 0.15) is 5.82 Å². The van der Waals surface area contributed by atoms with Crippen molar-refractivity contribution in [3.8, 4) is 11.6 Å². The molecule has 162 valence electrons. The number of carbonyl (C=O) groups excluding carboxylic acids is 1. The zero-order valence-corrected chi connectivity index (χ0v) is 18.1. The maximum absolute atomic E-state index is 11.8. The van der Waals surface area contributed by atoms with E-state index in [1.807, 2.05) is 28.8 Å². The van der Waals surface area contributed by atoms with Gasteiger partial charge in [-0.2, -0.15) is 0 Å². The SMILES string of the molecule is CC1CN(C)Cc2nc(-c3ncc4c(C(N)=O)cccn34)nc(NCc3ccccc3)c21. The van der Waals surface area contributed by atoms with Crippen molar-refractivity contribution in [2.24, 2.45) is 5.73 Å². The van der Waals surface area contributed by atoms with Crippen molar-refractivity contribution < 1.29 is 4.79 Å². The first kappa shape index (κ1) is 20.1. The molecule has 0 radical (unpaired) electrons.